The number of fused-ring (bicyclic) bond motifs is 1. The molecule has 1 saturated carbocycles. The highest BCUT2D eigenvalue weighted by molar-refractivity contribution is 8.00. The van der Waals surface area contributed by atoms with Gasteiger partial charge in [0, 0.05) is 30.1 Å². The maximum absolute atomic E-state index is 3.75. The van der Waals surface area contributed by atoms with Crippen LogP contribution in [-0.2, 0) is 13.0 Å². The van der Waals surface area contributed by atoms with Gasteiger partial charge in [-0.3, -0.25) is 0 Å². The van der Waals surface area contributed by atoms with Crippen molar-refractivity contribution in [3.05, 3.63) is 29.3 Å². The smallest absolute Gasteiger partial charge is 0.0418 e. The van der Waals surface area contributed by atoms with Crippen LogP contribution in [0.4, 0.5) is 5.69 Å². The van der Waals surface area contributed by atoms with Crippen molar-refractivity contribution in [2.75, 3.05) is 24.7 Å². The molecule has 1 aromatic carbocycles. The Morgan fingerprint density at radius 2 is 2.05 bits per heavy atom. The van der Waals surface area contributed by atoms with Crippen molar-refractivity contribution in [2.24, 2.45) is 0 Å². The van der Waals surface area contributed by atoms with Crippen molar-refractivity contribution in [3.63, 3.8) is 0 Å². The number of benzene rings is 1. The summed E-state index contributed by atoms with van der Waals surface area (Å²) in [7, 11) is 0. The Balaban J connectivity index is 1.60. The van der Waals surface area contributed by atoms with Crippen LogP contribution in [0.3, 0.4) is 0 Å². The summed E-state index contributed by atoms with van der Waals surface area (Å²) < 4.78 is 0.487. The van der Waals surface area contributed by atoms with Crippen molar-refractivity contribution in [1.29, 1.82) is 0 Å². The zero-order valence-electron chi connectivity index (χ0n) is 13.2. The summed E-state index contributed by atoms with van der Waals surface area (Å²) in [5, 5.41) is 7.35. The first-order chi connectivity index (χ1) is 10.3. The van der Waals surface area contributed by atoms with Crippen molar-refractivity contribution >= 4 is 17.4 Å². The third-order valence-corrected chi connectivity index (χ3v) is 6.54. The topological polar surface area (TPSA) is 24.1 Å². The second-order valence-electron chi connectivity index (χ2n) is 6.53. The number of aryl methyl sites for hydroxylation is 1. The van der Waals surface area contributed by atoms with E-state index in [0.717, 1.165) is 19.6 Å². The second-order valence-corrected chi connectivity index (χ2v) is 7.81. The predicted molar refractivity (Wildman–Crippen MR) is 94.3 cm³/mol. The summed E-state index contributed by atoms with van der Waals surface area (Å²) in [6.45, 7) is 3.27. The highest BCUT2D eigenvalue weighted by Crippen LogP contribution is 2.38. The molecule has 1 aliphatic carbocycles. The number of thioether (sulfide) groups is 1. The molecule has 0 amide bonds. The van der Waals surface area contributed by atoms with E-state index in [2.05, 4.69) is 46.9 Å². The fraction of sp³-hybridized carbons (Fsp3) is 0.667. The van der Waals surface area contributed by atoms with Gasteiger partial charge in [-0.05, 0) is 43.1 Å². The summed E-state index contributed by atoms with van der Waals surface area (Å²) in [6, 6.07) is 6.76. The first kappa shape index (κ1) is 15.2. The second kappa shape index (κ2) is 7.06. The Kier molecular flexibility index (Phi) is 5.12. The highest BCUT2D eigenvalue weighted by atomic mass is 32.2. The van der Waals surface area contributed by atoms with Crippen molar-refractivity contribution in [3.8, 4) is 0 Å². The van der Waals surface area contributed by atoms with E-state index in [1.165, 1.54) is 61.8 Å². The Morgan fingerprint density at radius 3 is 2.86 bits per heavy atom. The van der Waals surface area contributed by atoms with Gasteiger partial charge in [0.05, 0.1) is 0 Å². The maximum atomic E-state index is 3.75. The van der Waals surface area contributed by atoms with E-state index >= 15 is 0 Å². The molecule has 0 aromatic heterocycles. The summed E-state index contributed by atoms with van der Waals surface area (Å²) in [5.74, 6) is 0. The first-order valence-corrected chi connectivity index (χ1v) is 9.66. The van der Waals surface area contributed by atoms with Gasteiger partial charge in [-0.15, -0.1) is 0 Å². The number of hydrogen-bond donors (Lipinski definition) is 2. The van der Waals surface area contributed by atoms with Crippen LogP contribution in [0.5, 0.6) is 0 Å². The quantitative estimate of drug-likeness (QED) is 0.852. The van der Waals surface area contributed by atoms with Gasteiger partial charge in [-0.2, -0.15) is 11.8 Å². The molecule has 1 heterocycles. The molecule has 1 fully saturated rings. The summed E-state index contributed by atoms with van der Waals surface area (Å²) in [5.41, 5.74) is 4.34. The first-order valence-electron chi connectivity index (χ1n) is 8.43. The molecule has 2 nitrogen and oxygen atoms in total. The average Bonchev–Trinajstić information content (AvgIpc) is 2.56. The van der Waals surface area contributed by atoms with E-state index in [1.807, 2.05) is 0 Å². The van der Waals surface area contributed by atoms with E-state index in [4.69, 9.17) is 0 Å². The average molecular weight is 305 g/mol. The number of hydrogen-bond acceptors (Lipinski definition) is 3. The molecule has 21 heavy (non-hydrogen) atoms. The third kappa shape index (κ3) is 3.57. The van der Waals surface area contributed by atoms with Gasteiger partial charge in [0.1, 0.15) is 0 Å². The molecule has 3 heteroatoms. The molecule has 0 atom stereocenters. The van der Waals surface area contributed by atoms with Crippen LogP contribution in [0, 0.1) is 0 Å². The molecular weight excluding hydrogens is 276 g/mol. The van der Waals surface area contributed by atoms with Gasteiger partial charge in [0.25, 0.3) is 0 Å². The highest BCUT2D eigenvalue weighted by Gasteiger charge is 2.30. The van der Waals surface area contributed by atoms with E-state index in [1.54, 1.807) is 0 Å². The van der Waals surface area contributed by atoms with Gasteiger partial charge < -0.3 is 10.6 Å². The molecule has 0 saturated heterocycles. The van der Waals surface area contributed by atoms with E-state index in [9.17, 15) is 0 Å². The number of nitrogens with one attached hydrogen (secondary N) is 2. The molecule has 0 unspecified atom stereocenters. The molecule has 2 aliphatic rings. The molecule has 1 aromatic rings. The van der Waals surface area contributed by atoms with Crippen LogP contribution in [0.15, 0.2) is 18.2 Å². The van der Waals surface area contributed by atoms with Gasteiger partial charge >= 0.3 is 0 Å². The van der Waals surface area contributed by atoms with Gasteiger partial charge in [-0.25, -0.2) is 0 Å². The predicted octanol–water partition coefficient (Wildman–Crippen LogP) is 4.20. The molecule has 116 valence electrons. The number of para-hydroxylation sites is 1. The minimum atomic E-state index is 0.487. The Hall–Kier alpha value is -0.670. The number of anilines is 1. The normalized spacial score (nSPS) is 20.6. The van der Waals surface area contributed by atoms with Crippen molar-refractivity contribution in [1.82, 2.24) is 5.32 Å². The number of rotatable bonds is 5. The van der Waals surface area contributed by atoms with Crippen LogP contribution < -0.4 is 10.6 Å². The fourth-order valence-corrected chi connectivity index (χ4v) is 4.75. The maximum Gasteiger partial charge on any atom is 0.0418 e. The van der Waals surface area contributed by atoms with Crippen LogP contribution >= 0.6 is 11.8 Å². The Labute approximate surface area is 133 Å². The molecule has 1 aliphatic heterocycles. The summed E-state index contributed by atoms with van der Waals surface area (Å²) in [4.78, 5) is 0. The van der Waals surface area contributed by atoms with Gasteiger partial charge in [-0.1, -0.05) is 37.5 Å². The molecule has 0 spiro atoms. The lowest BCUT2D eigenvalue weighted by molar-refractivity contribution is 0.379. The minimum Gasteiger partial charge on any atom is -0.385 e. The van der Waals surface area contributed by atoms with E-state index in [-0.39, 0.29) is 0 Å². The SMILES string of the molecule is CSC1(CNCc2cccc3c2NCCC3)CCCCC1. The van der Waals surface area contributed by atoms with Gasteiger partial charge in [0.2, 0.25) is 0 Å². The van der Waals surface area contributed by atoms with Crippen LogP contribution in [-0.4, -0.2) is 24.1 Å². The monoisotopic (exact) mass is 304 g/mol. The minimum absolute atomic E-state index is 0.487. The zero-order valence-corrected chi connectivity index (χ0v) is 14.0. The lowest BCUT2D eigenvalue weighted by atomic mass is 9.88. The Morgan fingerprint density at radius 1 is 1.19 bits per heavy atom. The largest absolute Gasteiger partial charge is 0.385 e. The molecule has 0 radical (unpaired) electrons. The lowest BCUT2D eigenvalue weighted by Crippen LogP contribution is -2.39. The van der Waals surface area contributed by atoms with Crippen LogP contribution in [0.2, 0.25) is 0 Å². The van der Waals surface area contributed by atoms with Crippen molar-refractivity contribution in [2.45, 2.75) is 56.2 Å². The van der Waals surface area contributed by atoms with E-state index in [0.29, 0.717) is 4.75 Å². The van der Waals surface area contributed by atoms with Crippen LogP contribution in [0.1, 0.15) is 49.7 Å². The van der Waals surface area contributed by atoms with E-state index < -0.39 is 0 Å². The summed E-state index contributed by atoms with van der Waals surface area (Å²) >= 11 is 2.08. The molecule has 2 N–H and O–H groups in total. The lowest BCUT2D eigenvalue weighted by Gasteiger charge is -2.36. The molecule has 0 bridgehead atoms. The molecular formula is C18H28N2S. The third-order valence-electron chi connectivity index (χ3n) is 5.12. The summed E-state index contributed by atoms with van der Waals surface area (Å²) in [6.07, 6.45) is 11.8. The Bertz CT molecular complexity index is 466. The van der Waals surface area contributed by atoms with Gasteiger partial charge in [0.15, 0.2) is 0 Å². The van der Waals surface area contributed by atoms with Crippen LogP contribution in [0.25, 0.3) is 0 Å². The zero-order chi connectivity index (χ0) is 14.5. The fourth-order valence-electron chi connectivity index (χ4n) is 3.80. The standard InChI is InChI=1S/C18H28N2S/c1-21-18(10-3-2-4-11-18)14-19-13-16-8-5-7-15-9-6-12-20-17(15)16/h5,7-8,19-20H,2-4,6,9-14H2,1H3. The van der Waals surface area contributed by atoms with Crippen molar-refractivity contribution < 1.29 is 0 Å². The molecule has 3 rings (SSSR count).